The van der Waals surface area contributed by atoms with Gasteiger partial charge in [-0.15, -0.1) is 0 Å². The van der Waals surface area contributed by atoms with Gasteiger partial charge in [-0.1, -0.05) is 36.2 Å². The van der Waals surface area contributed by atoms with Crippen molar-refractivity contribution in [3.63, 3.8) is 0 Å². The summed E-state index contributed by atoms with van der Waals surface area (Å²) in [4.78, 5) is 12.3. The number of amides is 1. The highest BCUT2D eigenvalue weighted by Crippen LogP contribution is 2.44. The number of aryl methyl sites for hydroxylation is 1. The summed E-state index contributed by atoms with van der Waals surface area (Å²) in [6.07, 6.45) is 2.41. The van der Waals surface area contributed by atoms with Gasteiger partial charge in [0.15, 0.2) is 0 Å². The minimum Gasteiger partial charge on any atom is -0.392 e. The van der Waals surface area contributed by atoms with E-state index in [1.165, 1.54) is 5.56 Å². The van der Waals surface area contributed by atoms with E-state index in [2.05, 4.69) is 11.4 Å². The first-order valence-corrected chi connectivity index (χ1v) is 6.58. The van der Waals surface area contributed by atoms with Crippen LogP contribution < -0.4 is 5.32 Å². The van der Waals surface area contributed by atoms with E-state index in [1.807, 2.05) is 25.1 Å². The lowest BCUT2D eigenvalue weighted by molar-refractivity contribution is -0.130. The monoisotopic (exact) mass is 247 g/mol. The largest absolute Gasteiger partial charge is 0.392 e. The van der Waals surface area contributed by atoms with Crippen LogP contribution in [0, 0.1) is 6.92 Å². The molecule has 1 saturated carbocycles. The highest BCUT2D eigenvalue weighted by atomic mass is 16.3. The number of carbonyl (C=O) groups is 1. The van der Waals surface area contributed by atoms with Crippen molar-refractivity contribution in [3.05, 3.63) is 35.4 Å². The first-order valence-electron chi connectivity index (χ1n) is 6.58. The molecule has 1 aliphatic carbocycles. The molecule has 0 spiro atoms. The maximum atomic E-state index is 12.3. The van der Waals surface area contributed by atoms with Crippen LogP contribution in [0.25, 0.3) is 0 Å². The van der Waals surface area contributed by atoms with E-state index in [-0.39, 0.29) is 11.3 Å². The summed E-state index contributed by atoms with van der Waals surface area (Å²) in [5, 5.41) is 12.1. The zero-order valence-electron chi connectivity index (χ0n) is 11.1. The second-order valence-electron chi connectivity index (χ2n) is 5.36. The molecular formula is C15H21NO2. The summed E-state index contributed by atoms with van der Waals surface area (Å²) in [5.74, 6) is 0.0558. The molecule has 0 aliphatic heterocycles. The minimum atomic E-state index is -0.497. The summed E-state index contributed by atoms with van der Waals surface area (Å²) in [5.41, 5.74) is 1.93. The van der Waals surface area contributed by atoms with Crippen LogP contribution in [0.4, 0.5) is 0 Å². The Morgan fingerprint density at radius 3 is 2.72 bits per heavy atom. The van der Waals surface area contributed by atoms with E-state index < -0.39 is 6.10 Å². The highest BCUT2D eigenvalue weighted by Gasteiger charge is 2.45. The van der Waals surface area contributed by atoms with Gasteiger partial charge >= 0.3 is 0 Å². The fourth-order valence-electron chi connectivity index (χ4n) is 2.53. The first-order chi connectivity index (χ1) is 8.54. The summed E-state index contributed by atoms with van der Waals surface area (Å²) < 4.78 is 0. The van der Waals surface area contributed by atoms with Crippen LogP contribution in [-0.2, 0) is 10.2 Å². The van der Waals surface area contributed by atoms with E-state index >= 15 is 0 Å². The lowest BCUT2D eigenvalue weighted by Crippen LogP contribution is -2.50. The van der Waals surface area contributed by atoms with Gasteiger partial charge in [0.1, 0.15) is 0 Å². The Morgan fingerprint density at radius 1 is 1.50 bits per heavy atom. The van der Waals surface area contributed by atoms with Gasteiger partial charge in [-0.3, -0.25) is 4.79 Å². The zero-order valence-corrected chi connectivity index (χ0v) is 11.1. The Kier molecular flexibility index (Phi) is 3.71. The minimum absolute atomic E-state index is 0.0558. The molecule has 0 bridgehead atoms. The third-order valence-corrected chi connectivity index (χ3v) is 3.77. The molecule has 1 aliphatic rings. The van der Waals surface area contributed by atoms with Crippen molar-refractivity contribution < 1.29 is 9.90 Å². The lowest BCUT2D eigenvalue weighted by atomic mass is 9.63. The molecule has 1 aromatic rings. The van der Waals surface area contributed by atoms with Crippen LogP contribution in [0.3, 0.4) is 0 Å². The molecule has 2 rings (SSSR count). The fraction of sp³-hybridized carbons (Fsp3) is 0.533. The lowest BCUT2D eigenvalue weighted by Gasteiger charge is -2.41. The van der Waals surface area contributed by atoms with Crippen LogP contribution in [0.1, 0.15) is 37.3 Å². The third-order valence-electron chi connectivity index (χ3n) is 3.77. The second kappa shape index (κ2) is 5.11. The maximum Gasteiger partial charge on any atom is 0.230 e. The van der Waals surface area contributed by atoms with Crippen LogP contribution in [-0.4, -0.2) is 23.7 Å². The Bertz CT molecular complexity index is 436. The van der Waals surface area contributed by atoms with Crippen LogP contribution in [0.2, 0.25) is 0 Å². The Labute approximate surface area is 108 Å². The van der Waals surface area contributed by atoms with Gasteiger partial charge in [0, 0.05) is 6.54 Å². The van der Waals surface area contributed by atoms with E-state index in [0.717, 1.165) is 24.8 Å². The van der Waals surface area contributed by atoms with E-state index in [4.69, 9.17) is 0 Å². The van der Waals surface area contributed by atoms with Crippen molar-refractivity contribution in [2.45, 2.75) is 44.6 Å². The van der Waals surface area contributed by atoms with Crippen molar-refractivity contribution in [1.29, 1.82) is 0 Å². The summed E-state index contributed by atoms with van der Waals surface area (Å²) in [7, 11) is 0. The molecule has 2 N–H and O–H groups in total. The average Bonchev–Trinajstić information content (AvgIpc) is 2.25. The maximum absolute atomic E-state index is 12.3. The van der Waals surface area contributed by atoms with Crippen LogP contribution in [0.5, 0.6) is 0 Å². The van der Waals surface area contributed by atoms with Crippen molar-refractivity contribution in [2.24, 2.45) is 0 Å². The number of aliphatic hydroxyl groups excluding tert-OH is 1. The molecule has 0 aromatic heterocycles. The van der Waals surface area contributed by atoms with Crippen molar-refractivity contribution in [2.75, 3.05) is 6.54 Å². The molecule has 3 nitrogen and oxygen atoms in total. The molecule has 0 saturated heterocycles. The van der Waals surface area contributed by atoms with Crippen LogP contribution >= 0.6 is 0 Å². The van der Waals surface area contributed by atoms with Gasteiger partial charge in [0.05, 0.1) is 11.5 Å². The van der Waals surface area contributed by atoms with Crippen molar-refractivity contribution >= 4 is 5.91 Å². The van der Waals surface area contributed by atoms with Crippen molar-refractivity contribution in [1.82, 2.24) is 5.32 Å². The van der Waals surface area contributed by atoms with E-state index in [1.54, 1.807) is 6.92 Å². The average molecular weight is 247 g/mol. The smallest absolute Gasteiger partial charge is 0.230 e. The standard InChI is InChI=1S/C15H21NO2/c1-11-5-3-6-13(9-11)15(7-4-8-15)14(18)16-10-12(2)17/h3,5-6,9,12,17H,4,7-8,10H2,1-2H3,(H,16,18). The molecule has 1 unspecified atom stereocenters. The molecule has 18 heavy (non-hydrogen) atoms. The molecule has 3 heteroatoms. The normalized spacial score (nSPS) is 18.8. The number of rotatable bonds is 4. The first kappa shape index (κ1) is 13.1. The molecular weight excluding hydrogens is 226 g/mol. The van der Waals surface area contributed by atoms with Crippen molar-refractivity contribution in [3.8, 4) is 0 Å². The van der Waals surface area contributed by atoms with Gasteiger partial charge in [-0.2, -0.15) is 0 Å². The Hall–Kier alpha value is -1.35. The quantitative estimate of drug-likeness (QED) is 0.854. The highest BCUT2D eigenvalue weighted by molar-refractivity contribution is 5.89. The predicted molar refractivity (Wildman–Crippen MR) is 71.4 cm³/mol. The Morgan fingerprint density at radius 2 is 2.22 bits per heavy atom. The predicted octanol–water partition coefficient (Wildman–Crippen LogP) is 1.91. The van der Waals surface area contributed by atoms with Gasteiger partial charge in [-0.25, -0.2) is 0 Å². The Balaban J connectivity index is 2.18. The third kappa shape index (κ3) is 2.41. The van der Waals surface area contributed by atoms with Gasteiger partial charge in [-0.05, 0) is 32.3 Å². The number of hydrogen-bond donors (Lipinski definition) is 2. The molecule has 0 heterocycles. The topological polar surface area (TPSA) is 49.3 Å². The molecule has 98 valence electrons. The number of benzene rings is 1. The molecule has 0 radical (unpaired) electrons. The van der Waals surface area contributed by atoms with Crippen LogP contribution in [0.15, 0.2) is 24.3 Å². The zero-order chi connectivity index (χ0) is 13.2. The molecule has 1 fully saturated rings. The van der Waals surface area contributed by atoms with Gasteiger partial charge in [0.25, 0.3) is 0 Å². The van der Waals surface area contributed by atoms with Gasteiger partial charge < -0.3 is 10.4 Å². The second-order valence-corrected chi connectivity index (χ2v) is 5.36. The number of hydrogen-bond acceptors (Lipinski definition) is 2. The fourth-order valence-corrected chi connectivity index (χ4v) is 2.53. The number of nitrogens with one attached hydrogen (secondary N) is 1. The molecule has 1 aromatic carbocycles. The molecule has 1 atom stereocenters. The summed E-state index contributed by atoms with van der Waals surface area (Å²) in [6.45, 7) is 4.05. The summed E-state index contributed by atoms with van der Waals surface area (Å²) >= 11 is 0. The van der Waals surface area contributed by atoms with E-state index in [9.17, 15) is 9.90 Å². The van der Waals surface area contributed by atoms with E-state index in [0.29, 0.717) is 6.54 Å². The molecule has 1 amide bonds. The SMILES string of the molecule is Cc1cccc(C2(C(=O)NCC(C)O)CCC2)c1. The summed E-state index contributed by atoms with van der Waals surface area (Å²) in [6, 6.07) is 8.19. The number of carbonyl (C=O) groups excluding carboxylic acids is 1. The number of aliphatic hydroxyl groups is 1. The van der Waals surface area contributed by atoms with Gasteiger partial charge in [0.2, 0.25) is 5.91 Å².